The van der Waals surface area contributed by atoms with Gasteiger partial charge in [-0.1, -0.05) is 13.0 Å². The van der Waals surface area contributed by atoms with Gasteiger partial charge < -0.3 is 11.1 Å². The number of nitrogens with one attached hydrogen (secondary N) is 1. The van der Waals surface area contributed by atoms with Crippen LogP contribution in [0.3, 0.4) is 0 Å². The average Bonchev–Trinajstić information content (AvgIpc) is 2.90. The van der Waals surface area contributed by atoms with Crippen molar-refractivity contribution in [3.05, 3.63) is 42.1 Å². The van der Waals surface area contributed by atoms with Gasteiger partial charge in [0.15, 0.2) is 0 Å². The summed E-state index contributed by atoms with van der Waals surface area (Å²) in [6, 6.07) is 3.79. The van der Waals surface area contributed by atoms with E-state index in [1.807, 2.05) is 29.8 Å². The van der Waals surface area contributed by atoms with E-state index in [4.69, 9.17) is 5.73 Å². The molecule has 0 aliphatic carbocycles. The summed E-state index contributed by atoms with van der Waals surface area (Å²) < 4.78 is 1.90. The quantitative estimate of drug-likeness (QED) is 0.843. The maximum atomic E-state index is 11.8. The summed E-state index contributed by atoms with van der Waals surface area (Å²) in [7, 11) is 0. The predicted molar refractivity (Wildman–Crippen MR) is 76.2 cm³/mol. The first-order valence-electron chi connectivity index (χ1n) is 6.55. The molecule has 0 fully saturated rings. The molecule has 0 bridgehead atoms. The zero-order chi connectivity index (χ0) is 14.5. The molecule has 1 amide bonds. The average molecular weight is 273 g/mol. The van der Waals surface area contributed by atoms with Crippen LogP contribution < -0.4 is 11.1 Å². The number of carbonyl (C=O) groups excluding carboxylic acids is 1. The minimum absolute atomic E-state index is 0.0512. The van der Waals surface area contributed by atoms with Gasteiger partial charge in [-0.05, 0) is 13.0 Å². The summed E-state index contributed by atoms with van der Waals surface area (Å²) in [4.78, 5) is 20.3. The van der Waals surface area contributed by atoms with Gasteiger partial charge in [-0.3, -0.25) is 9.36 Å². The Balaban J connectivity index is 2.17. The van der Waals surface area contributed by atoms with Crippen molar-refractivity contribution in [2.75, 3.05) is 6.54 Å². The fraction of sp³-hybridized carbons (Fsp3) is 0.357. The van der Waals surface area contributed by atoms with Gasteiger partial charge in [0.25, 0.3) is 0 Å². The molecule has 6 nitrogen and oxygen atoms in total. The molecule has 0 saturated carbocycles. The summed E-state index contributed by atoms with van der Waals surface area (Å²) in [6.07, 6.45) is 5.30. The van der Waals surface area contributed by atoms with Gasteiger partial charge in [-0.25, -0.2) is 9.97 Å². The minimum Gasteiger partial charge on any atom is -0.352 e. The second-order valence-electron chi connectivity index (χ2n) is 4.69. The number of hydrogen-bond donors (Lipinski definition) is 2. The van der Waals surface area contributed by atoms with E-state index in [1.165, 1.54) is 0 Å². The molecule has 6 heteroatoms. The molecule has 1 unspecified atom stereocenters. The molecule has 2 aromatic heterocycles. The lowest BCUT2D eigenvalue weighted by atomic mass is 10.1. The monoisotopic (exact) mass is 273 g/mol. The van der Waals surface area contributed by atoms with Crippen LogP contribution in [0.4, 0.5) is 0 Å². The second kappa shape index (κ2) is 6.29. The molecule has 0 aliphatic heterocycles. The van der Waals surface area contributed by atoms with Crippen molar-refractivity contribution in [2.45, 2.75) is 20.4 Å². The highest BCUT2D eigenvalue weighted by molar-refractivity contribution is 5.78. The van der Waals surface area contributed by atoms with Crippen LogP contribution in [0, 0.1) is 12.8 Å². The molecule has 2 heterocycles. The number of pyridine rings is 1. The molecule has 3 N–H and O–H groups in total. The van der Waals surface area contributed by atoms with Crippen LogP contribution in [0.15, 0.2) is 30.7 Å². The van der Waals surface area contributed by atoms with E-state index in [0.29, 0.717) is 13.1 Å². The van der Waals surface area contributed by atoms with Crippen LogP contribution in [0.5, 0.6) is 0 Å². The Morgan fingerprint density at radius 3 is 2.90 bits per heavy atom. The second-order valence-corrected chi connectivity index (χ2v) is 4.69. The van der Waals surface area contributed by atoms with Crippen LogP contribution in [-0.4, -0.2) is 27.0 Å². The first-order chi connectivity index (χ1) is 9.63. The Bertz CT molecular complexity index is 593. The normalized spacial score (nSPS) is 12.2. The number of carbonyl (C=O) groups is 1. The van der Waals surface area contributed by atoms with Crippen molar-refractivity contribution < 1.29 is 4.79 Å². The lowest BCUT2D eigenvalue weighted by molar-refractivity contribution is -0.124. The standard InChI is InChI=1S/C14H19N5O/c1-10(8-15)14(20)18-9-12-4-3-5-17-13(12)19-7-6-16-11(19)2/h3-7,10H,8-9,15H2,1-2H3,(H,18,20). The third kappa shape index (κ3) is 3.03. The Morgan fingerprint density at radius 1 is 1.45 bits per heavy atom. The van der Waals surface area contributed by atoms with Crippen molar-refractivity contribution in [2.24, 2.45) is 11.7 Å². The molecule has 0 aromatic carbocycles. The molecular formula is C14H19N5O. The van der Waals surface area contributed by atoms with Crippen molar-refractivity contribution in [1.29, 1.82) is 0 Å². The largest absolute Gasteiger partial charge is 0.352 e. The zero-order valence-electron chi connectivity index (χ0n) is 11.7. The smallest absolute Gasteiger partial charge is 0.224 e. The molecule has 0 saturated heterocycles. The number of nitrogens with two attached hydrogens (primary N) is 1. The van der Waals surface area contributed by atoms with Crippen molar-refractivity contribution in [1.82, 2.24) is 19.9 Å². The Hall–Kier alpha value is -2.21. The molecule has 106 valence electrons. The molecule has 0 aliphatic rings. The van der Waals surface area contributed by atoms with Crippen LogP contribution in [-0.2, 0) is 11.3 Å². The van der Waals surface area contributed by atoms with Gasteiger partial charge in [0.1, 0.15) is 11.6 Å². The van der Waals surface area contributed by atoms with Gasteiger partial charge in [0.2, 0.25) is 5.91 Å². The fourth-order valence-electron chi connectivity index (χ4n) is 1.85. The van der Waals surface area contributed by atoms with Crippen molar-refractivity contribution >= 4 is 5.91 Å². The van der Waals surface area contributed by atoms with Gasteiger partial charge in [0, 0.05) is 43.2 Å². The van der Waals surface area contributed by atoms with Gasteiger partial charge >= 0.3 is 0 Å². The van der Waals surface area contributed by atoms with E-state index < -0.39 is 0 Å². The van der Waals surface area contributed by atoms with Gasteiger partial charge in [-0.15, -0.1) is 0 Å². The summed E-state index contributed by atoms with van der Waals surface area (Å²) in [5, 5.41) is 2.88. The van der Waals surface area contributed by atoms with Crippen molar-refractivity contribution in [3.8, 4) is 5.82 Å². The Morgan fingerprint density at radius 2 is 2.25 bits per heavy atom. The molecule has 2 rings (SSSR count). The number of imidazole rings is 1. The lowest BCUT2D eigenvalue weighted by Crippen LogP contribution is -2.33. The molecule has 20 heavy (non-hydrogen) atoms. The molecule has 1 atom stereocenters. The van der Waals surface area contributed by atoms with E-state index >= 15 is 0 Å². The third-order valence-electron chi connectivity index (χ3n) is 3.18. The number of hydrogen-bond acceptors (Lipinski definition) is 4. The maximum absolute atomic E-state index is 11.8. The zero-order valence-corrected chi connectivity index (χ0v) is 11.7. The van der Waals surface area contributed by atoms with E-state index in [-0.39, 0.29) is 11.8 Å². The highest BCUT2D eigenvalue weighted by Crippen LogP contribution is 2.13. The highest BCUT2D eigenvalue weighted by Gasteiger charge is 2.12. The molecule has 0 spiro atoms. The first kappa shape index (κ1) is 14.2. The number of aryl methyl sites for hydroxylation is 1. The van der Waals surface area contributed by atoms with Crippen LogP contribution in [0.25, 0.3) is 5.82 Å². The Labute approximate surface area is 118 Å². The minimum atomic E-state index is -0.190. The summed E-state index contributed by atoms with van der Waals surface area (Å²) in [5.74, 6) is 1.39. The number of aromatic nitrogens is 3. The molecule has 2 aromatic rings. The van der Waals surface area contributed by atoms with E-state index in [2.05, 4.69) is 15.3 Å². The SMILES string of the molecule is Cc1nccn1-c1ncccc1CNC(=O)C(C)CN. The van der Waals surface area contributed by atoms with E-state index in [1.54, 1.807) is 19.3 Å². The highest BCUT2D eigenvalue weighted by atomic mass is 16.1. The van der Waals surface area contributed by atoms with Gasteiger partial charge in [0.05, 0.1) is 0 Å². The van der Waals surface area contributed by atoms with E-state index in [0.717, 1.165) is 17.2 Å². The fourth-order valence-corrected chi connectivity index (χ4v) is 1.85. The predicted octanol–water partition coefficient (Wildman–Crippen LogP) is 0.787. The number of amides is 1. The topological polar surface area (TPSA) is 85.8 Å². The number of nitrogens with zero attached hydrogens (tertiary/aromatic N) is 3. The summed E-state index contributed by atoms with van der Waals surface area (Å²) >= 11 is 0. The maximum Gasteiger partial charge on any atom is 0.224 e. The first-order valence-corrected chi connectivity index (χ1v) is 6.55. The van der Waals surface area contributed by atoms with Crippen molar-refractivity contribution in [3.63, 3.8) is 0 Å². The Kier molecular flexibility index (Phi) is 4.47. The van der Waals surface area contributed by atoms with Crippen LogP contribution >= 0.6 is 0 Å². The van der Waals surface area contributed by atoms with Crippen LogP contribution in [0.2, 0.25) is 0 Å². The molecular weight excluding hydrogens is 254 g/mol. The molecule has 0 radical (unpaired) electrons. The summed E-state index contributed by atoms with van der Waals surface area (Å²) in [6.45, 7) is 4.48. The van der Waals surface area contributed by atoms with E-state index in [9.17, 15) is 4.79 Å². The summed E-state index contributed by atoms with van der Waals surface area (Å²) in [5.41, 5.74) is 6.42. The third-order valence-corrected chi connectivity index (χ3v) is 3.18. The number of rotatable bonds is 5. The van der Waals surface area contributed by atoms with Crippen LogP contribution in [0.1, 0.15) is 18.3 Å². The lowest BCUT2D eigenvalue weighted by Gasteiger charge is -2.13. The van der Waals surface area contributed by atoms with Gasteiger partial charge in [-0.2, -0.15) is 0 Å².